The number of ether oxygens (including phenoxy) is 1. The van der Waals surface area contributed by atoms with Gasteiger partial charge in [0.1, 0.15) is 18.7 Å². The molecule has 5 N–H and O–H groups in total. The number of aliphatic hydroxyl groups excluding tert-OH is 2. The van der Waals surface area contributed by atoms with Crippen molar-refractivity contribution < 1.29 is 34.4 Å². The lowest BCUT2D eigenvalue weighted by Crippen LogP contribution is -2.54. The molecule has 0 spiro atoms. The van der Waals surface area contributed by atoms with Gasteiger partial charge in [-0.15, -0.1) is 0 Å². The number of carboxylic acid groups (broad SMARTS) is 1. The standard InChI is InChI=1S/C21H22N2O7/c24-9-17(19(26)22-18(10-25)20(27)28)23-21(29)30-11-16-14-7-3-1-5-12(14)13-6-2-4-8-15(13)16/h1-8,16-18,24-25H,9-11H2,(H,22,26)(H,23,29)(H,27,28)/t17-,18+/m0/s1. The highest BCUT2D eigenvalue weighted by Gasteiger charge is 2.30. The molecule has 0 bridgehead atoms. The Morgan fingerprint density at radius 3 is 1.90 bits per heavy atom. The van der Waals surface area contributed by atoms with Crippen LogP contribution >= 0.6 is 0 Å². The number of alkyl carbamates (subject to hydrolysis) is 1. The molecule has 3 rings (SSSR count). The van der Waals surface area contributed by atoms with Gasteiger partial charge in [-0.05, 0) is 22.3 Å². The Kier molecular flexibility index (Phi) is 6.65. The first-order valence-electron chi connectivity index (χ1n) is 9.32. The molecule has 0 aliphatic heterocycles. The van der Waals surface area contributed by atoms with Crippen LogP contribution in [-0.2, 0) is 14.3 Å². The van der Waals surface area contributed by atoms with Gasteiger partial charge in [0.25, 0.3) is 0 Å². The highest BCUT2D eigenvalue weighted by molar-refractivity contribution is 5.89. The summed E-state index contributed by atoms with van der Waals surface area (Å²) in [5.41, 5.74) is 4.18. The minimum Gasteiger partial charge on any atom is -0.480 e. The van der Waals surface area contributed by atoms with E-state index in [0.29, 0.717) is 0 Å². The highest BCUT2D eigenvalue weighted by Crippen LogP contribution is 2.44. The lowest BCUT2D eigenvalue weighted by Gasteiger charge is -2.19. The lowest BCUT2D eigenvalue weighted by atomic mass is 9.98. The van der Waals surface area contributed by atoms with Crippen LogP contribution in [-0.4, -0.2) is 65.2 Å². The van der Waals surface area contributed by atoms with Gasteiger partial charge in [-0.25, -0.2) is 9.59 Å². The summed E-state index contributed by atoms with van der Waals surface area (Å²) in [6, 6.07) is 12.6. The van der Waals surface area contributed by atoms with Gasteiger partial charge in [0.05, 0.1) is 13.2 Å². The molecule has 0 fully saturated rings. The summed E-state index contributed by atoms with van der Waals surface area (Å²) in [5, 5.41) is 31.5. The third kappa shape index (κ3) is 4.42. The average Bonchev–Trinajstić information content (AvgIpc) is 3.07. The Bertz CT molecular complexity index is 901. The number of amides is 2. The van der Waals surface area contributed by atoms with Gasteiger partial charge in [0.2, 0.25) is 5.91 Å². The van der Waals surface area contributed by atoms with Crippen molar-refractivity contribution in [3.63, 3.8) is 0 Å². The first-order chi connectivity index (χ1) is 14.5. The summed E-state index contributed by atoms with van der Waals surface area (Å²) >= 11 is 0. The second-order valence-corrected chi connectivity index (χ2v) is 6.79. The molecular weight excluding hydrogens is 392 g/mol. The van der Waals surface area contributed by atoms with Crippen LogP contribution in [0.15, 0.2) is 48.5 Å². The minimum atomic E-state index is -1.55. The predicted octanol–water partition coefficient (Wildman–Crippen LogP) is 0.448. The maximum Gasteiger partial charge on any atom is 0.407 e. The van der Waals surface area contributed by atoms with Crippen LogP contribution in [0.25, 0.3) is 11.1 Å². The van der Waals surface area contributed by atoms with E-state index in [-0.39, 0.29) is 12.5 Å². The van der Waals surface area contributed by atoms with E-state index in [4.69, 9.17) is 14.9 Å². The van der Waals surface area contributed by atoms with Crippen molar-refractivity contribution in [1.29, 1.82) is 0 Å². The Hall–Kier alpha value is -3.43. The van der Waals surface area contributed by atoms with Crippen LogP contribution in [0.5, 0.6) is 0 Å². The predicted molar refractivity (Wildman–Crippen MR) is 106 cm³/mol. The molecule has 9 nitrogen and oxygen atoms in total. The number of hydrogen-bond acceptors (Lipinski definition) is 6. The topological polar surface area (TPSA) is 145 Å². The summed E-state index contributed by atoms with van der Waals surface area (Å²) in [6.07, 6.45) is -0.929. The van der Waals surface area contributed by atoms with Crippen molar-refractivity contribution in [3.8, 4) is 11.1 Å². The lowest BCUT2D eigenvalue weighted by molar-refractivity contribution is -0.143. The molecule has 1 aliphatic carbocycles. The van der Waals surface area contributed by atoms with Gasteiger partial charge in [-0.2, -0.15) is 0 Å². The third-order valence-electron chi connectivity index (χ3n) is 4.93. The second kappa shape index (κ2) is 9.38. The van der Waals surface area contributed by atoms with E-state index in [1.165, 1.54) is 0 Å². The number of nitrogens with one attached hydrogen (secondary N) is 2. The van der Waals surface area contributed by atoms with E-state index >= 15 is 0 Å². The van der Waals surface area contributed by atoms with Crippen LogP contribution in [0.2, 0.25) is 0 Å². The Labute approximate surface area is 172 Å². The van der Waals surface area contributed by atoms with Gasteiger partial charge in [0, 0.05) is 5.92 Å². The second-order valence-electron chi connectivity index (χ2n) is 6.79. The van der Waals surface area contributed by atoms with Crippen molar-refractivity contribution in [2.75, 3.05) is 19.8 Å². The van der Waals surface area contributed by atoms with Gasteiger partial charge in [0.15, 0.2) is 0 Å². The zero-order valence-corrected chi connectivity index (χ0v) is 15.9. The van der Waals surface area contributed by atoms with Gasteiger partial charge in [-0.1, -0.05) is 48.5 Å². The van der Waals surface area contributed by atoms with Gasteiger partial charge in [-0.3, -0.25) is 4.79 Å². The molecule has 0 heterocycles. The Morgan fingerprint density at radius 2 is 1.40 bits per heavy atom. The van der Waals surface area contributed by atoms with E-state index in [0.717, 1.165) is 22.3 Å². The molecule has 0 unspecified atom stereocenters. The largest absolute Gasteiger partial charge is 0.480 e. The zero-order chi connectivity index (χ0) is 21.7. The third-order valence-corrected chi connectivity index (χ3v) is 4.93. The van der Waals surface area contributed by atoms with Crippen molar-refractivity contribution >= 4 is 18.0 Å². The molecule has 2 amide bonds. The number of benzene rings is 2. The number of carboxylic acids is 1. The fourth-order valence-corrected chi connectivity index (χ4v) is 3.43. The number of aliphatic carboxylic acids is 1. The first kappa shape index (κ1) is 21.3. The van der Waals surface area contributed by atoms with Crippen molar-refractivity contribution in [3.05, 3.63) is 59.7 Å². The molecule has 0 saturated carbocycles. The average molecular weight is 414 g/mol. The van der Waals surface area contributed by atoms with Crippen molar-refractivity contribution in [1.82, 2.24) is 10.6 Å². The van der Waals surface area contributed by atoms with E-state index < -0.39 is 43.3 Å². The fraction of sp³-hybridized carbons (Fsp3) is 0.286. The van der Waals surface area contributed by atoms with Crippen LogP contribution < -0.4 is 10.6 Å². The maximum atomic E-state index is 12.2. The number of carbonyl (C=O) groups is 3. The van der Waals surface area contributed by atoms with Gasteiger partial charge >= 0.3 is 12.1 Å². The number of aliphatic hydroxyl groups is 2. The smallest absolute Gasteiger partial charge is 0.407 e. The van der Waals surface area contributed by atoms with Crippen LogP contribution in [0.1, 0.15) is 17.0 Å². The number of carbonyl (C=O) groups excluding carboxylic acids is 2. The zero-order valence-electron chi connectivity index (χ0n) is 15.9. The van der Waals surface area contributed by atoms with E-state index in [9.17, 15) is 19.5 Å². The SMILES string of the molecule is O=C(N[C@@H](CO)C(=O)N[C@H](CO)C(=O)O)OCC1c2ccccc2-c2ccccc21. The van der Waals surface area contributed by atoms with Crippen LogP contribution in [0, 0.1) is 0 Å². The molecule has 0 aromatic heterocycles. The molecule has 2 atom stereocenters. The minimum absolute atomic E-state index is 0.0218. The van der Waals surface area contributed by atoms with Crippen LogP contribution in [0.3, 0.4) is 0 Å². The fourth-order valence-electron chi connectivity index (χ4n) is 3.43. The highest BCUT2D eigenvalue weighted by atomic mass is 16.5. The van der Waals surface area contributed by atoms with Crippen molar-refractivity contribution in [2.24, 2.45) is 0 Å². The number of rotatable bonds is 8. The van der Waals surface area contributed by atoms with E-state index in [2.05, 4.69) is 5.32 Å². The van der Waals surface area contributed by atoms with E-state index in [1.54, 1.807) is 0 Å². The first-order valence-corrected chi connectivity index (χ1v) is 9.32. The molecule has 2 aromatic carbocycles. The summed E-state index contributed by atoms with van der Waals surface area (Å²) in [6.45, 7) is -1.58. The normalized spacial score (nSPS) is 14.2. The summed E-state index contributed by atoms with van der Waals surface area (Å²) < 4.78 is 5.29. The Morgan fingerprint density at radius 1 is 0.867 bits per heavy atom. The quantitative estimate of drug-likeness (QED) is 0.422. The molecule has 1 aliphatic rings. The van der Waals surface area contributed by atoms with Crippen LogP contribution in [0.4, 0.5) is 4.79 Å². The summed E-state index contributed by atoms with van der Waals surface area (Å²) in [4.78, 5) is 35.2. The summed E-state index contributed by atoms with van der Waals surface area (Å²) in [5.74, 6) is -2.56. The molecule has 0 radical (unpaired) electrons. The summed E-state index contributed by atoms with van der Waals surface area (Å²) in [7, 11) is 0. The Balaban J connectivity index is 1.63. The maximum absolute atomic E-state index is 12.2. The van der Waals surface area contributed by atoms with Gasteiger partial charge < -0.3 is 30.7 Å². The van der Waals surface area contributed by atoms with E-state index in [1.807, 2.05) is 53.8 Å². The molecule has 0 saturated heterocycles. The number of hydrogen-bond donors (Lipinski definition) is 5. The molecule has 9 heteroatoms. The molecule has 158 valence electrons. The molecule has 2 aromatic rings. The molecule has 30 heavy (non-hydrogen) atoms. The number of fused-ring (bicyclic) bond motifs is 3. The van der Waals surface area contributed by atoms with Crippen molar-refractivity contribution in [2.45, 2.75) is 18.0 Å². The molecular formula is C21H22N2O7. The monoisotopic (exact) mass is 414 g/mol.